The van der Waals surface area contributed by atoms with Gasteiger partial charge in [0.1, 0.15) is 0 Å². The molecular formula is C12H13N3O. The number of aliphatic hydroxyl groups is 1. The number of rotatable bonds is 1. The summed E-state index contributed by atoms with van der Waals surface area (Å²) in [5.41, 5.74) is 2.89. The number of aliphatic hydroxyl groups excluding tert-OH is 1. The van der Waals surface area contributed by atoms with Crippen LogP contribution in [0.2, 0.25) is 0 Å². The maximum atomic E-state index is 9.85. The highest BCUT2D eigenvalue weighted by Crippen LogP contribution is 2.28. The Labute approximate surface area is 93.6 Å². The van der Waals surface area contributed by atoms with Gasteiger partial charge in [0.2, 0.25) is 0 Å². The van der Waals surface area contributed by atoms with E-state index in [1.165, 1.54) is 0 Å². The first-order valence-electron chi connectivity index (χ1n) is 5.51. The van der Waals surface area contributed by atoms with Gasteiger partial charge in [-0.3, -0.25) is 9.67 Å². The first-order valence-corrected chi connectivity index (χ1v) is 5.51. The van der Waals surface area contributed by atoms with Crippen LogP contribution in [0.3, 0.4) is 0 Å². The van der Waals surface area contributed by atoms with Crippen LogP contribution < -0.4 is 0 Å². The van der Waals surface area contributed by atoms with Gasteiger partial charge in [-0.1, -0.05) is 0 Å². The Bertz CT molecular complexity index is 492. The Hall–Kier alpha value is -1.68. The van der Waals surface area contributed by atoms with Crippen molar-refractivity contribution in [3.63, 3.8) is 0 Å². The van der Waals surface area contributed by atoms with Crippen LogP contribution in [0.1, 0.15) is 24.6 Å². The molecule has 0 spiro atoms. The monoisotopic (exact) mass is 215 g/mol. The summed E-state index contributed by atoms with van der Waals surface area (Å²) in [5, 5.41) is 14.3. The van der Waals surface area contributed by atoms with Crippen LogP contribution in [0.5, 0.6) is 0 Å². The molecule has 0 saturated heterocycles. The normalized spacial score (nSPS) is 19.4. The molecule has 0 aliphatic carbocycles. The van der Waals surface area contributed by atoms with Crippen molar-refractivity contribution in [3.8, 4) is 11.3 Å². The third-order valence-electron chi connectivity index (χ3n) is 2.98. The molecule has 1 aliphatic rings. The van der Waals surface area contributed by atoms with Crippen molar-refractivity contribution in [2.45, 2.75) is 25.5 Å². The smallest absolute Gasteiger partial charge is 0.0957 e. The lowest BCUT2D eigenvalue weighted by Gasteiger charge is -2.18. The van der Waals surface area contributed by atoms with E-state index >= 15 is 0 Å². The maximum absolute atomic E-state index is 9.85. The summed E-state index contributed by atoms with van der Waals surface area (Å²) in [4.78, 5) is 3.98. The lowest BCUT2D eigenvalue weighted by molar-refractivity contribution is 0.135. The van der Waals surface area contributed by atoms with Crippen LogP contribution in [0, 0.1) is 0 Å². The van der Waals surface area contributed by atoms with Gasteiger partial charge in [0.05, 0.1) is 17.5 Å². The second-order valence-electron chi connectivity index (χ2n) is 4.07. The third-order valence-corrected chi connectivity index (χ3v) is 2.98. The standard InChI is InChI=1S/C12H13N3O/c16-12-2-1-7-15-11(12)8-10(14-15)9-3-5-13-6-4-9/h3-6,8,12,16H,1-2,7H2. The Morgan fingerprint density at radius 1 is 1.31 bits per heavy atom. The first kappa shape index (κ1) is 9.54. The SMILES string of the molecule is OC1CCCn2nc(-c3ccncc3)cc21. The van der Waals surface area contributed by atoms with Crippen molar-refractivity contribution in [1.82, 2.24) is 14.8 Å². The van der Waals surface area contributed by atoms with Crippen LogP contribution in [-0.4, -0.2) is 19.9 Å². The molecule has 0 amide bonds. The van der Waals surface area contributed by atoms with E-state index in [2.05, 4.69) is 10.1 Å². The highest BCUT2D eigenvalue weighted by atomic mass is 16.3. The number of aryl methyl sites for hydroxylation is 1. The molecule has 2 aromatic rings. The number of pyridine rings is 1. The maximum Gasteiger partial charge on any atom is 0.0957 e. The summed E-state index contributed by atoms with van der Waals surface area (Å²) in [6.07, 6.45) is 4.97. The van der Waals surface area contributed by atoms with Gasteiger partial charge >= 0.3 is 0 Å². The van der Waals surface area contributed by atoms with Gasteiger partial charge in [0, 0.05) is 24.5 Å². The van der Waals surface area contributed by atoms with Gasteiger partial charge in [-0.15, -0.1) is 0 Å². The Balaban J connectivity index is 2.05. The Morgan fingerprint density at radius 3 is 2.88 bits per heavy atom. The quantitative estimate of drug-likeness (QED) is 0.788. The van der Waals surface area contributed by atoms with Gasteiger partial charge < -0.3 is 5.11 Å². The van der Waals surface area contributed by atoms with Crippen LogP contribution in [0.4, 0.5) is 0 Å². The fourth-order valence-corrected chi connectivity index (χ4v) is 2.12. The summed E-state index contributed by atoms with van der Waals surface area (Å²) in [6.45, 7) is 0.900. The summed E-state index contributed by atoms with van der Waals surface area (Å²) < 4.78 is 1.91. The lowest BCUT2D eigenvalue weighted by atomic mass is 10.1. The molecule has 0 saturated carbocycles. The zero-order valence-corrected chi connectivity index (χ0v) is 8.87. The molecular weight excluding hydrogens is 202 g/mol. The predicted molar refractivity (Wildman–Crippen MR) is 59.7 cm³/mol. The van der Waals surface area contributed by atoms with Crippen LogP contribution in [0.15, 0.2) is 30.6 Å². The Kier molecular flexibility index (Phi) is 2.22. The van der Waals surface area contributed by atoms with Gasteiger partial charge in [0.25, 0.3) is 0 Å². The molecule has 1 atom stereocenters. The molecule has 0 fully saturated rings. The summed E-state index contributed by atoms with van der Waals surface area (Å²) in [5.74, 6) is 0. The van der Waals surface area contributed by atoms with Crippen LogP contribution >= 0.6 is 0 Å². The third kappa shape index (κ3) is 1.51. The number of hydrogen-bond donors (Lipinski definition) is 1. The van der Waals surface area contributed by atoms with E-state index in [4.69, 9.17) is 0 Å². The van der Waals surface area contributed by atoms with E-state index in [0.717, 1.165) is 36.3 Å². The Morgan fingerprint density at radius 2 is 2.12 bits per heavy atom. The molecule has 1 N–H and O–H groups in total. The van der Waals surface area contributed by atoms with E-state index in [9.17, 15) is 5.11 Å². The molecule has 82 valence electrons. The zero-order valence-electron chi connectivity index (χ0n) is 8.87. The van der Waals surface area contributed by atoms with E-state index in [1.807, 2.05) is 22.9 Å². The topological polar surface area (TPSA) is 50.9 Å². The van der Waals surface area contributed by atoms with Crippen molar-refractivity contribution in [2.24, 2.45) is 0 Å². The first-order chi connectivity index (χ1) is 7.84. The minimum atomic E-state index is -0.364. The summed E-state index contributed by atoms with van der Waals surface area (Å²) >= 11 is 0. The van der Waals surface area contributed by atoms with Crippen molar-refractivity contribution in [2.75, 3.05) is 0 Å². The fourth-order valence-electron chi connectivity index (χ4n) is 2.12. The van der Waals surface area contributed by atoms with E-state index in [1.54, 1.807) is 12.4 Å². The molecule has 1 unspecified atom stereocenters. The summed E-state index contributed by atoms with van der Waals surface area (Å²) in [7, 11) is 0. The fraction of sp³-hybridized carbons (Fsp3) is 0.333. The van der Waals surface area contributed by atoms with Crippen molar-refractivity contribution in [1.29, 1.82) is 0 Å². The largest absolute Gasteiger partial charge is 0.387 e. The highest BCUT2D eigenvalue weighted by molar-refractivity contribution is 5.58. The minimum Gasteiger partial charge on any atom is -0.387 e. The average Bonchev–Trinajstić information content (AvgIpc) is 2.76. The number of aromatic nitrogens is 3. The van der Waals surface area contributed by atoms with Crippen molar-refractivity contribution >= 4 is 0 Å². The molecule has 2 aromatic heterocycles. The van der Waals surface area contributed by atoms with Gasteiger partial charge in [-0.2, -0.15) is 5.10 Å². The molecule has 0 radical (unpaired) electrons. The zero-order chi connectivity index (χ0) is 11.0. The average molecular weight is 215 g/mol. The number of hydrogen-bond acceptors (Lipinski definition) is 3. The van der Waals surface area contributed by atoms with Gasteiger partial charge in [-0.05, 0) is 31.0 Å². The van der Waals surface area contributed by atoms with E-state index in [0.29, 0.717) is 0 Å². The molecule has 4 nitrogen and oxygen atoms in total. The second-order valence-corrected chi connectivity index (χ2v) is 4.07. The second kappa shape index (κ2) is 3.72. The molecule has 1 aliphatic heterocycles. The predicted octanol–water partition coefficient (Wildman–Crippen LogP) is 1.77. The number of nitrogens with zero attached hydrogens (tertiary/aromatic N) is 3. The summed E-state index contributed by atoms with van der Waals surface area (Å²) in [6, 6.07) is 5.83. The molecule has 4 heteroatoms. The van der Waals surface area contributed by atoms with E-state index in [-0.39, 0.29) is 6.10 Å². The van der Waals surface area contributed by atoms with Crippen molar-refractivity contribution < 1.29 is 5.11 Å². The van der Waals surface area contributed by atoms with Crippen LogP contribution in [0.25, 0.3) is 11.3 Å². The van der Waals surface area contributed by atoms with E-state index < -0.39 is 0 Å². The lowest BCUT2D eigenvalue weighted by Crippen LogP contribution is -2.15. The van der Waals surface area contributed by atoms with Crippen molar-refractivity contribution in [3.05, 3.63) is 36.3 Å². The van der Waals surface area contributed by atoms with Gasteiger partial charge in [0.15, 0.2) is 0 Å². The molecule has 16 heavy (non-hydrogen) atoms. The van der Waals surface area contributed by atoms with Crippen LogP contribution in [-0.2, 0) is 6.54 Å². The highest BCUT2D eigenvalue weighted by Gasteiger charge is 2.20. The molecule has 3 rings (SSSR count). The number of fused-ring (bicyclic) bond motifs is 1. The molecule has 3 heterocycles. The molecule has 0 bridgehead atoms. The minimum absolute atomic E-state index is 0.364. The van der Waals surface area contributed by atoms with Gasteiger partial charge in [-0.25, -0.2) is 0 Å². The molecule has 0 aromatic carbocycles.